The molecule has 4 aromatic rings. The van der Waals surface area contributed by atoms with E-state index in [1.54, 1.807) is 44.4 Å². The molecule has 1 atom stereocenters. The van der Waals surface area contributed by atoms with Crippen molar-refractivity contribution in [3.8, 4) is 5.75 Å². The van der Waals surface area contributed by atoms with Gasteiger partial charge in [0.2, 0.25) is 11.8 Å². The van der Waals surface area contributed by atoms with Crippen molar-refractivity contribution in [2.45, 2.75) is 19.9 Å². The summed E-state index contributed by atoms with van der Waals surface area (Å²) in [5.74, 6) is 0.197. The fourth-order valence-electron chi connectivity index (χ4n) is 3.43. The maximum atomic E-state index is 12.8. The molecule has 1 heterocycles. The lowest BCUT2D eigenvalue weighted by molar-refractivity contribution is -0.116. The van der Waals surface area contributed by atoms with Crippen LogP contribution in [0, 0.1) is 0 Å². The van der Waals surface area contributed by atoms with Crippen LogP contribution in [-0.4, -0.2) is 25.0 Å². The zero-order valence-electron chi connectivity index (χ0n) is 17.5. The summed E-state index contributed by atoms with van der Waals surface area (Å²) in [4.78, 5) is 23.9. The van der Waals surface area contributed by atoms with Gasteiger partial charge >= 0.3 is 0 Å². The molecule has 2 amide bonds. The summed E-state index contributed by atoms with van der Waals surface area (Å²) in [6.07, 6.45) is 0. The third-order valence-corrected chi connectivity index (χ3v) is 4.94. The van der Waals surface area contributed by atoms with Crippen molar-refractivity contribution >= 4 is 50.8 Å². The Hall–Kier alpha value is -4.00. The van der Waals surface area contributed by atoms with Crippen molar-refractivity contribution in [1.82, 2.24) is 0 Å². The second-order valence-electron chi connectivity index (χ2n) is 7.26. The SMILES string of the molecule is COc1cc2c(cc1NC(=O)[C@H](C)Nc1ccc(NC(C)=O)cc1)oc1ccccc12. The quantitative estimate of drug-likeness (QED) is 0.411. The molecule has 0 spiro atoms. The number of furan rings is 1. The first-order chi connectivity index (χ1) is 14.9. The molecule has 7 heteroatoms. The third kappa shape index (κ3) is 4.30. The Morgan fingerprint density at radius 3 is 2.32 bits per heavy atom. The number of methoxy groups -OCH3 is 1. The highest BCUT2D eigenvalue weighted by molar-refractivity contribution is 6.08. The van der Waals surface area contributed by atoms with Crippen LogP contribution in [0.1, 0.15) is 13.8 Å². The third-order valence-electron chi connectivity index (χ3n) is 4.94. The van der Waals surface area contributed by atoms with Gasteiger partial charge in [-0.2, -0.15) is 0 Å². The van der Waals surface area contributed by atoms with Crippen molar-refractivity contribution in [2.75, 3.05) is 23.1 Å². The van der Waals surface area contributed by atoms with E-state index in [4.69, 9.17) is 9.15 Å². The van der Waals surface area contributed by atoms with Crippen LogP contribution < -0.4 is 20.7 Å². The van der Waals surface area contributed by atoms with Crippen LogP contribution in [-0.2, 0) is 9.59 Å². The van der Waals surface area contributed by atoms with Crippen LogP contribution in [0.15, 0.2) is 65.1 Å². The van der Waals surface area contributed by atoms with Gasteiger partial charge in [-0.15, -0.1) is 0 Å². The van der Waals surface area contributed by atoms with Gasteiger partial charge in [-0.1, -0.05) is 18.2 Å². The van der Waals surface area contributed by atoms with Crippen LogP contribution in [0.5, 0.6) is 5.75 Å². The molecule has 31 heavy (non-hydrogen) atoms. The van der Waals surface area contributed by atoms with E-state index in [2.05, 4.69) is 16.0 Å². The molecule has 0 aliphatic heterocycles. The molecule has 0 aliphatic carbocycles. The van der Waals surface area contributed by atoms with Crippen molar-refractivity contribution in [3.05, 3.63) is 60.7 Å². The second kappa shape index (κ2) is 8.39. The minimum Gasteiger partial charge on any atom is -0.495 e. The minimum absolute atomic E-state index is 0.135. The van der Waals surface area contributed by atoms with E-state index in [-0.39, 0.29) is 11.8 Å². The smallest absolute Gasteiger partial charge is 0.246 e. The van der Waals surface area contributed by atoms with Gasteiger partial charge in [-0.05, 0) is 43.3 Å². The highest BCUT2D eigenvalue weighted by atomic mass is 16.5. The van der Waals surface area contributed by atoms with E-state index in [1.165, 1.54) is 6.92 Å². The molecule has 0 fully saturated rings. The number of amides is 2. The molecule has 0 radical (unpaired) electrons. The summed E-state index contributed by atoms with van der Waals surface area (Å²) >= 11 is 0. The standard InChI is InChI=1S/C24H23N3O4/c1-14(25-16-8-10-17(11-9-16)26-15(2)28)24(29)27-20-13-22-19(12-23(20)30-3)18-6-4-5-7-21(18)31-22/h4-14,25H,1-3H3,(H,26,28)(H,27,29)/t14-/m0/s1. The van der Waals surface area contributed by atoms with E-state index >= 15 is 0 Å². The topological polar surface area (TPSA) is 92.6 Å². The molecule has 3 N–H and O–H groups in total. The highest BCUT2D eigenvalue weighted by Gasteiger charge is 2.17. The molecule has 0 aliphatic rings. The number of fused-ring (bicyclic) bond motifs is 3. The average Bonchev–Trinajstić information content (AvgIpc) is 3.11. The Morgan fingerprint density at radius 1 is 0.903 bits per heavy atom. The molecule has 0 saturated carbocycles. The Balaban J connectivity index is 1.51. The molecule has 7 nitrogen and oxygen atoms in total. The number of carbonyl (C=O) groups is 2. The fourth-order valence-corrected chi connectivity index (χ4v) is 3.43. The monoisotopic (exact) mass is 417 g/mol. The number of ether oxygens (including phenoxy) is 1. The van der Waals surface area contributed by atoms with E-state index in [0.29, 0.717) is 22.7 Å². The highest BCUT2D eigenvalue weighted by Crippen LogP contribution is 2.36. The zero-order valence-corrected chi connectivity index (χ0v) is 17.5. The van der Waals surface area contributed by atoms with Crippen molar-refractivity contribution in [3.63, 3.8) is 0 Å². The molecule has 3 aromatic carbocycles. The van der Waals surface area contributed by atoms with Gasteiger partial charge in [0.1, 0.15) is 23.0 Å². The number of hydrogen-bond donors (Lipinski definition) is 3. The Labute approximate surface area is 179 Å². The largest absolute Gasteiger partial charge is 0.495 e. The van der Waals surface area contributed by atoms with Gasteiger partial charge in [0.05, 0.1) is 12.8 Å². The van der Waals surface area contributed by atoms with E-state index in [1.807, 2.05) is 30.3 Å². The molecule has 0 bridgehead atoms. The van der Waals surface area contributed by atoms with Gasteiger partial charge in [0.25, 0.3) is 0 Å². The van der Waals surface area contributed by atoms with Gasteiger partial charge in [0.15, 0.2) is 0 Å². The van der Waals surface area contributed by atoms with Crippen molar-refractivity contribution in [2.24, 2.45) is 0 Å². The van der Waals surface area contributed by atoms with Crippen LogP contribution in [0.3, 0.4) is 0 Å². The average molecular weight is 417 g/mol. The Kier molecular flexibility index (Phi) is 5.49. The van der Waals surface area contributed by atoms with Crippen LogP contribution in [0.25, 0.3) is 21.9 Å². The second-order valence-corrected chi connectivity index (χ2v) is 7.26. The van der Waals surface area contributed by atoms with Gasteiger partial charge in [0, 0.05) is 35.1 Å². The molecule has 1 aromatic heterocycles. The maximum absolute atomic E-state index is 12.8. The van der Waals surface area contributed by atoms with E-state index in [9.17, 15) is 9.59 Å². The number of hydrogen-bond acceptors (Lipinski definition) is 5. The van der Waals surface area contributed by atoms with E-state index < -0.39 is 6.04 Å². The van der Waals surface area contributed by atoms with Crippen LogP contribution in [0.2, 0.25) is 0 Å². The van der Waals surface area contributed by atoms with E-state index in [0.717, 1.165) is 22.0 Å². The number of rotatable bonds is 6. The molecule has 0 unspecified atom stereocenters. The molecule has 158 valence electrons. The molecular weight excluding hydrogens is 394 g/mol. The summed E-state index contributed by atoms with van der Waals surface area (Å²) in [6, 6.07) is 18.0. The summed E-state index contributed by atoms with van der Waals surface area (Å²) < 4.78 is 11.4. The normalized spacial score (nSPS) is 11.8. The first-order valence-electron chi connectivity index (χ1n) is 9.89. The number of nitrogens with one attached hydrogen (secondary N) is 3. The zero-order chi connectivity index (χ0) is 22.0. The van der Waals surface area contributed by atoms with Crippen LogP contribution in [0.4, 0.5) is 17.1 Å². The summed E-state index contributed by atoms with van der Waals surface area (Å²) in [5.41, 5.74) is 3.44. The van der Waals surface area contributed by atoms with Gasteiger partial charge < -0.3 is 25.1 Å². The number of para-hydroxylation sites is 1. The molecular formula is C24H23N3O4. The first-order valence-corrected chi connectivity index (χ1v) is 9.89. The predicted molar refractivity (Wildman–Crippen MR) is 123 cm³/mol. The Bertz CT molecular complexity index is 1260. The number of anilines is 3. The summed E-state index contributed by atoms with van der Waals surface area (Å²) in [7, 11) is 1.57. The number of carbonyl (C=O) groups excluding carboxylic acids is 2. The first kappa shape index (κ1) is 20.3. The summed E-state index contributed by atoms with van der Waals surface area (Å²) in [6.45, 7) is 3.22. The molecule has 4 rings (SSSR count). The van der Waals surface area contributed by atoms with Crippen molar-refractivity contribution in [1.29, 1.82) is 0 Å². The maximum Gasteiger partial charge on any atom is 0.246 e. The predicted octanol–water partition coefficient (Wildman–Crippen LogP) is 4.99. The minimum atomic E-state index is -0.511. The molecule has 0 saturated heterocycles. The van der Waals surface area contributed by atoms with Crippen LogP contribution >= 0.6 is 0 Å². The lowest BCUT2D eigenvalue weighted by Gasteiger charge is -2.17. The lowest BCUT2D eigenvalue weighted by atomic mass is 10.1. The van der Waals surface area contributed by atoms with Gasteiger partial charge in [-0.3, -0.25) is 9.59 Å². The lowest BCUT2D eigenvalue weighted by Crippen LogP contribution is -2.32. The Morgan fingerprint density at radius 2 is 1.61 bits per heavy atom. The van der Waals surface area contributed by atoms with Crippen molar-refractivity contribution < 1.29 is 18.7 Å². The fraction of sp³-hybridized carbons (Fsp3) is 0.167. The van der Waals surface area contributed by atoms with Gasteiger partial charge in [-0.25, -0.2) is 0 Å². The number of benzene rings is 3. The summed E-state index contributed by atoms with van der Waals surface area (Å²) in [5, 5.41) is 10.7.